The summed E-state index contributed by atoms with van der Waals surface area (Å²) in [6.07, 6.45) is 0. The molecule has 108 valence electrons. The van der Waals surface area contributed by atoms with E-state index in [1.165, 1.54) is 5.56 Å². The van der Waals surface area contributed by atoms with Crippen LogP contribution in [0.4, 0.5) is 0 Å². The fraction of sp³-hybridized carbons (Fsp3) is 0.500. The van der Waals surface area contributed by atoms with Crippen molar-refractivity contribution in [2.24, 2.45) is 0 Å². The molecule has 2 aromatic heterocycles. The van der Waals surface area contributed by atoms with E-state index < -0.39 is 0 Å². The fourth-order valence-corrected chi connectivity index (χ4v) is 2.59. The van der Waals surface area contributed by atoms with Crippen molar-refractivity contribution < 1.29 is 0 Å². The summed E-state index contributed by atoms with van der Waals surface area (Å²) in [5.74, 6) is 0. The number of aromatic nitrogens is 2. The molecule has 4 heteroatoms. The minimum atomic E-state index is 0.0298. The monoisotopic (exact) mass is 273 g/mol. The van der Waals surface area contributed by atoms with E-state index in [2.05, 4.69) is 36.7 Å². The molecule has 0 saturated carbocycles. The number of likely N-dealkylation sites (N-methyl/N-ethyl adjacent to an activating group) is 1. The number of aryl methyl sites for hydroxylation is 2. The molecule has 0 aliphatic carbocycles. The zero-order valence-corrected chi connectivity index (χ0v) is 12.8. The van der Waals surface area contributed by atoms with Gasteiger partial charge in [0.05, 0.1) is 0 Å². The summed E-state index contributed by atoms with van der Waals surface area (Å²) in [6, 6.07) is 5.59. The number of hydrogen-bond acceptors (Lipinski definition) is 3. The summed E-state index contributed by atoms with van der Waals surface area (Å²) in [6.45, 7) is 11.9. The second kappa shape index (κ2) is 6.18. The topological polar surface area (TPSA) is 38.1 Å². The maximum atomic E-state index is 12.1. The number of nitrogens with zero attached hydrogens (tertiary/aromatic N) is 3. The molecule has 2 heterocycles. The molecule has 20 heavy (non-hydrogen) atoms. The second-order valence-electron chi connectivity index (χ2n) is 5.17. The molecule has 0 atom stereocenters. The van der Waals surface area contributed by atoms with E-state index in [1.807, 2.05) is 13.0 Å². The van der Waals surface area contributed by atoms with Crippen molar-refractivity contribution in [2.45, 2.75) is 34.2 Å². The van der Waals surface area contributed by atoms with E-state index in [9.17, 15) is 4.79 Å². The van der Waals surface area contributed by atoms with Crippen LogP contribution in [0.1, 0.15) is 25.1 Å². The largest absolute Gasteiger partial charge is 0.302 e. The lowest BCUT2D eigenvalue weighted by Gasteiger charge is -2.19. The summed E-state index contributed by atoms with van der Waals surface area (Å²) in [5, 5.41) is 1.06. The lowest BCUT2D eigenvalue weighted by molar-refractivity contribution is 0.290. The van der Waals surface area contributed by atoms with E-state index in [-0.39, 0.29) is 5.56 Å². The summed E-state index contributed by atoms with van der Waals surface area (Å²) in [4.78, 5) is 19.0. The average molecular weight is 273 g/mol. The molecule has 2 rings (SSSR count). The van der Waals surface area contributed by atoms with E-state index >= 15 is 0 Å². The summed E-state index contributed by atoms with van der Waals surface area (Å²) < 4.78 is 1.80. The summed E-state index contributed by atoms with van der Waals surface area (Å²) >= 11 is 0. The molecular formula is C16H23N3O. The first-order valence-corrected chi connectivity index (χ1v) is 7.27. The van der Waals surface area contributed by atoms with E-state index in [1.54, 1.807) is 10.6 Å². The summed E-state index contributed by atoms with van der Waals surface area (Å²) in [7, 11) is 0. The first kappa shape index (κ1) is 14.7. The van der Waals surface area contributed by atoms with Gasteiger partial charge in [0.2, 0.25) is 0 Å². The van der Waals surface area contributed by atoms with Gasteiger partial charge in [0.15, 0.2) is 0 Å². The molecule has 0 unspecified atom stereocenters. The molecule has 0 radical (unpaired) electrons. The third kappa shape index (κ3) is 2.90. The van der Waals surface area contributed by atoms with Gasteiger partial charge in [0, 0.05) is 30.2 Å². The van der Waals surface area contributed by atoms with Crippen molar-refractivity contribution in [1.29, 1.82) is 0 Å². The predicted octanol–water partition coefficient (Wildman–Crippen LogP) is 2.36. The van der Waals surface area contributed by atoms with Gasteiger partial charge in [0.25, 0.3) is 5.56 Å². The Hall–Kier alpha value is -1.68. The Morgan fingerprint density at radius 1 is 1.20 bits per heavy atom. The molecular weight excluding hydrogens is 250 g/mol. The van der Waals surface area contributed by atoms with Gasteiger partial charge in [-0.2, -0.15) is 0 Å². The maximum absolute atomic E-state index is 12.1. The van der Waals surface area contributed by atoms with Crippen LogP contribution < -0.4 is 5.56 Å². The minimum Gasteiger partial charge on any atom is -0.302 e. The van der Waals surface area contributed by atoms with Crippen LogP contribution in [0.15, 0.2) is 23.0 Å². The van der Waals surface area contributed by atoms with E-state index in [0.717, 1.165) is 36.4 Å². The van der Waals surface area contributed by atoms with Gasteiger partial charge in [0.1, 0.15) is 5.65 Å². The highest BCUT2D eigenvalue weighted by Crippen LogP contribution is 2.15. The van der Waals surface area contributed by atoms with Crippen molar-refractivity contribution in [2.75, 3.05) is 19.6 Å². The highest BCUT2D eigenvalue weighted by molar-refractivity contribution is 5.79. The third-order valence-corrected chi connectivity index (χ3v) is 3.82. The van der Waals surface area contributed by atoms with Crippen LogP contribution >= 0.6 is 0 Å². The lowest BCUT2D eigenvalue weighted by atomic mass is 10.1. The molecule has 0 amide bonds. The van der Waals surface area contributed by atoms with Gasteiger partial charge in [-0.1, -0.05) is 13.8 Å². The van der Waals surface area contributed by atoms with Crippen LogP contribution in [0.3, 0.4) is 0 Å². The van der Waals surface area contributed by atoms with Crippen molar-refractivity contribution in [3.05, 3.63) is 39.8 Å². The van der Waals surface area contributed by atoms with Gasteiger partial charge >= 0.3 is 0 Å². The van der Waals surface area contributed by atoms with Crippen LogP contribution in [0.25, 0.3) is 11.0 Å². The molecule has 0 aromatic carbocycles. The quantitative estimate of drug-likeness (QED) is 0.839. The first-order chi connectivity index (χ1) is 9.56. The SMILES string of the molecule is CCN(CC)CCn1c(=O)ccc2c(C)cc(C)nc21. The van der Waals surface area contributed by atoms with Crippen molar-refractivity contribution >= 4 is 11.0 Å². The Morgan fingerprint density at radius 2 is 1.90 bits per heavy atom. The standard InChI is InChI=1S/C16H23N3O/c1-5-18(6-2)9-10-19-15(20)8-7-14-12(3)11-13(4)17-16(14)19/h7-8,11H,5-6,9-10H2,1-4H3. The number of pyridine rings is 2. The molecule has 0 aliphatic heterocycles. The van der Waals surface area contributed by atoms with Crippen molar-refractivity contribution in [3.63, 3.8) is 0 Å². The molecule has 0 saturated heterocycles. The van der Waals surface area contributed by atoms with Crippen LogP contribution in [0, 0.1) is 13.8 Å². The Bertz CT molecular complexity index is 657. The minimum absolute atomic E-state index is 0.0298. The Labute approximate surface area is 120 Å². The van der Waals surface area contributed by atoms with Crippen molar-refractivity contribution in [3.8, 4) is 0 Å². The fourth-order valence-electron chi connectivity index (χ4n) is 2.59. The Balaban J connectivity index is 2.46. The average Bonchev–Trinajstić information content (AvgIpc) is 2.41. The maximum Gasteiger partial charge on any atom is 0.252 e. The van der Waals surface area contributed by atoms with E-state index in [0.29, 0.717) is 6.54 Å². The zero-order chi connectivity index (χ0) is 14.7. The predicted molar refractivity (Wildman–Crippen MR) is 83.3 cm³/mol. The highest BCUT2D eigenvalue weighted by atomic mass is 16.1. The lowest BCUT2D eigenvalue weighted by Crippen LogP contribution is -2.31. The Kier molecular flexibility index (Phi) is 4.55. The smallest absolute Gasteiger partial charge is 0.252 e. The molecule has 0 spiro atoms. The highest BCUT2D eigenvalue weighted by Gasteiger charge is 2.08. The molecule has 0 fully saturated rings. The van der Waals surface area contributed by atoms with Gasteiger partial charge < -0.3 is 4.90 Å². The van der Waals surface area contributed by atoms with Gasteiger partial charge in [-0.05, 0) is 44.6 Å². The van der Waals surface area contributed by atoms with Gasteiger partial charge in [-0.3, -0.25) is 9.36 Å². The van der Waals surface area contributed by atoms with E-state index in [4.69, 9.17) is 0 Å². The first-order valence-electron chi connectivity index (χ1n) is 7.27. The molecule has 0 aliphatic rings. The van der Waals surface area contributed by atoms with Crippen LogP contribution in [0.2, 0.25) is 0 Å². The normalized spacial score (nSPS) is 11.4. The number of fused-ring (bicyclic) bond motifs is 1. The Morgan fingerprint density at radius 3 is 2.55 bits per heavy atom. The van der Waals surface area contributed by atoms with Gasteiger partial charge in [-0.15, -0.1) is 0 Å². The van der Waals surface area contributed by atoms with Crippen LogP contribution in [-0.4, -0.2) is 34.1 Å². The van der Waals surface area contributed by atoms with Crippen LogP contribution in [-0.2, 0) is 6.54 Å². The van der Waals surface area contributed by atoms with Gasteiger partial charge in [-0.25, -0.2) is 4.98 Å². The number of hydrogen-bond donors (Lipinski definition) is 0. The number of rotatable bonds is 5. The molecule has 4 nitrogen and oxygen atoms in total. The van der Waals surface area contributed by atoms with Crippen molar-refractivity contribution in [1.82, 2.24) is 14.5 Å². The summed E-state index contributed by atoms with van der Waals surface area (Å²) in [5.41, 5.74) is 2.96. The molecule has 0 N–H and O–H groups in total. The molecule has 2 aromatic rings. The molecule has 0 bridgehead atoms. The second-order valence-corrected chi connectivity index (χ2v) is 5.17. The zero-order valence-electron chi connectivity index (χ0n) is 12.8. The van der Waals surface area contributed by atoms with Crippen LogP contribution in [0.5, 0.6) is 0 Å². The third-order valence-electron chi connectivity index (χ3n) is 3.82.